The highest BCUT2D eigenvalue weighted by molar-refractivity contribution is 5.99. The first-order valence-electron chi connectivity index (χ1n) is 13.2. The van der Waals surface area contributed by atoms with Crippen LogP contribution < -0.4 is 15.8 Å². The summed E-state index contributed by atoms with van der Waals surface area (Å²) in [6.07, 6.45) is 6.11. The van der Waals surface area contributed by atoms with Gasteiger partial charge in [-0.15, -0.1) is 0 Å². The number of carbonyl (C=O) groups excluding carboxylic acids is 2. The molecular weight excluding hydrogens is 509 g/mol. The summed E-state index contributed by atoms with van der Waals surface area (Å²) < 4.78 is 21.3. The average Bonchev–Trinajstić information content (AvgIpc) is 3.66. The van der Waals surface area contributed by atoms with Crippen LogP contribution in [-0.2, 0) is 11.2 Å². The summed E-state index contributed by atoms with van der Waals surface area (Å²) >= 11 is 0. The number of aromatic nitrogens is 1. The van der Waals surface area contributed by atoms with E-state index in [9.17, 15) is 9.59 Å². The summed E-state index contributed by atoms with van der Waals surface area (Å²) in [6, 6.07) is 9.84. The normalized spacial score (nSPS) is 14.8. The molecule has 2 aromatic carbocycles. The molecule has 1 aliphatic rings. The minimum absolute atomic E-state index is 0.0705. The van der Waals surface area contributed by atoms with Crippen molar-refractivity contribution in [3.63, 3.8) is 0 Å². The van der Waals surface area contributed by atoms with Gasteiger partial charge in [0.05, 0.1) is 23.2 Å². The van der Waals surface area contributed by atoms with Crippen molar-refractivity contribution in [1.29, 1.82) is 0 Å². The number of ether oxygens (including phenoxy) is 1. The van der Waals surface area contributed by atoms with Crippen LogP contribution >= 0.6 is 0 Å². The molecule has 2 amide bonds. The Bertz CT molecular complexity index is 1520. The maximum atomic E-state index is 15.1. The van der Waals surface area contributed by atoms with Crippen LogP contribution in [0.25, 0.3) is 10.9 Å². The Labute approximate surface area is 234 Å². The Morgan fingerprint density at radius 1 is 1.20 bits per heavy atom. The van der Waals surface area contributed by atoms with Crippen molar-refractivity contribution >= 4 is 28.9 Å². The van der Waals surface area contributed by atoms with Crippen LogP contribution in [0.4, 0.5) is 4.39 Å². The van der Waals surface area contributed by atoms with E-state index in [1.54, 1.807) is 48.4 Å². The van der Waals surface area contributed by atoms with Gasteiger partial charge in [-0.1, -0.05) is 0 Å². The SMILES string of the molecule is Cc1cc(CC(=O)N/C(C=NC(C)(C)C)=C/N)c(F)cc1Oc1ccnc2ccc(C(=O)N(C)C3(C)CC3)cc12. The average molecular weight is 546 g/mol. The van der Waals surface area contributed by atoms with E-state index in [4.69, 9.17) is 10.5 Å². The number of fused-ring (bicyclic) bond motifs is 1. The van der Waals surface area contributed by atoms with E-state index in [0.29, 0.717) is 39.2 Å². The second-order valence-electron chi connectivity index (χ2n) is 11.5. The van der Waals surface area contributed by atoms with E-state index in [1.807, 2.05) is 27.8 Å². The molecule has 3 aromatic rings. The lowest BCUT2D eigenvalue weighted by Crippen LogP contribution is -2.36. The molecule has 0 saturated heterocycles. The Morgan fingerprint density at radius 2 is 1.93 bits per heavy atom. The van der Waals surface area contributed by atoms with E-state index in [-0.39, 0.29) is 29.0 Å². The molecule has 0 unspecified atom stereocenters. The molecule has 1 saturated carbocycles. The number of hydrogen-bond donors (Lipinski definition) is 2. The van der Waals surface area contributed by atoms with Crippen molar-refractivity contribution in [2.24, 2.45) is 10.7 Å². The van der Waals surface area contributed by atoms with Crippen LogP contribution in [0.3, 0.4) is 0 Å². The number of aliphatic imine (C=N–C) groups is 1. The highest BCUT2D eigenvalue weighted by Gasteiger charge is 2.43. The third-order valence-electron chi connectivity index (χ3n) is 7.01. The number of rotatable bonds is 8. The fourth-order valence-corrected chi connectivity index (χ4v) is 4.14. The third-order valence-corrected chi connectivity index (χ3v) is 7.01. The number of halogens is 1. The maximum Gasteiger partial charge on any atom is 0.254 e. The van der Waals surface area contributed by atoms with Crippen molar-refractivity contribution in [3.8, 4) is 11.5 Å². The van der Waals surface area contributed by atoms with Gasteiger partial charge in [0.25, 0.3) is 5.91 Å². The van der Waals surface area contributed by atoms with Gasteiger partial charge in [-0.05, 0) is 88.9 Å². The van der Waals surface area contributed by atoms with Crippen molar-refractivity contribution < 1.29 is 18.7 Å². The van der Waals surface area contributed by atoms with Crippen molar-refractivity contribution in [2.45, 2.75) is 65.0 Å². The molecular formula is C31H36FN5O3. The Hall–Kier alpha value is -4.27. The zero-order valence-electron chi connectivity index (χ0n) is 23.8. The van der Waals surface area contributed by atoms with Crippen LogP contribution in [0.15, 0.2) is 59.5 Å². The lowest BCUT2D eigenvalue weighted by Gasteiger charge is -2.24. The number of nitrogens with zero attached hydrogens (tertiary/aromatic N) is 3. The van der Waals surface area contributed by atoms with Gasteiger partial charge in [-0.3, -0.25) is 19.6 Å². The van der Waals surface area contributed by atoms with Gasteiger partial charge >= 0.3 is 0 Å². The molecule has 40 heavy (non-hydrogen) atoms. The molecule has 8 nitrogen and oxygen atoms in total. The van der Waals surface area contributed by atoms with Crippen LogP contribution in [-0.4, -0.2) is 46.0 Å². The minimum atomic E-state index is -0.578. The van der Waals surface area contributed by atoms with E-state index in [2.05, 4.69) is 22.2 Å². The molecule has 1 aliphatic carbocycles. The smallest absolute Gasteiger partial charge is 0.254 e. The predicted molar refractivity (Wildman–Crippen MR) is 155 cm³/mol. The molecule has 0 radical (unpaired) electrons. The number of aryl methyl sites for hydroxylation is 1. The highest BCUT2D eigenvalue weighted by Crippen LogP contribution is 2.41. The molecule has 0 spiro atoms. The Morgan fingerprint density at radius 3 is 2.58 bits per heavy atom. The van der Waals surface area contributed by atoms with Crippen molar-refractivity contribution in [1.82, 2.24) is 15.2 Å². The van der Waals surface area contributed by atoms with Gasteiger partial charge in [-0.2, -0.15) is 0 Å². The number of nitrogens with two attached hydrogens (primary N) is 1. The largest absolute Gasteiger partial charge is 0.456 e. The van der Waals surface area contributed by atoms with E-state index >= 15 is 4.39 Å². The summed E-state index contributed by atoms with van der Waals surface area (Å²) in [7, 11) is 1.82. The van der Waals surface area contributed by atoms with E-state index < -0.39 is 11.7 Å². The first kappa shape index (κ1) is 28.7. The molecule has 0 atom stereocenters. The highest BCUT2D eigenvalue weighted by atomic mass is 19.1. The molecule has 0 aliphatic heterocycles. The van der Waals surface area contributed by atoms with E-state index in [0.717, 1.165) is 12.8 Å². The van der Waals surface area contributed by atoms with Gasteiger partial charge < -0.3 is 20.7 Å². The molecule has 210 valence electrons. The van der Waals surface area contributed by atoms with Crippen molar-refractivity contribution in [2.75, 3.05) is 7.05 Å². The molecule has 3 N–H and O–H groups in total. The molecule has 1 fully saturated rings. The van der Waals surface area contributed by atoms with Gasteiger partial charge in [0.2, 0.25) is 5.91 Å². The number of benzene rings is 2. The quantitative estimate of drug-likeness (QED) is 0.367. The van der Waals surface area contributed by atoms with Crippen LogP contribution in [0.1, 0.15) is 62.0 Å². The van der Waals surface area contributed by atoms with Crippen LogP contribution in [0.5, 0.6) is 11.5 Å². The molecule has 1 heterocycles. The molecule has 4 rings (SSSR count). The lowest BCUT2D eigenvalue weighted by molar-refractivity contribution is -0.119. The first-order chi connectivity index (χ1) is 18.8. The van der Waals surface area contributed by atoms with Gasteiger partial charge in [0, 0.05) is 48.2 Å². The zero-order chi connectivity index (χ0) is 29.2. The summed E-state index contributed by atoms with van der Waals surface area (Å²) in [5.41, 5.74) is 7.55. The number of hydrogen-bond acceptors (Lipinski definition) is 6. The molecule has 1 aromatic heterocycles. The number of carbonyl (C=O) groups is 2. The van der Waals surface area contributed by atoms with Crippen molar-refractivity contribution in [3.05, 3.63) is 77.0 Å². The monoisotopic (exact) mass is 545 g/mol. The Kier molecular flexibility index (Phi) is 7.95. The lowest BCUT2D eigenvalue weighted by atomic mass is 10.1. The third kappa shape index (κ3) is 6.65. The minimum Gasteiger partial charge on any atom is -0.456 e. The van der Waals surface area contributed by atoms with Gasteiger partial charge in [-0.25, -0.2) is 4.39 Å². The summed E-state index contributed by atoms with van der Waals surface area (Å²) in [4.78, 5) is 36.2. The topological polar surface area (TPSA) is 110 Å². The Balaban J connectivity index is 1.53. The van der Waals surface area contributed by atoms with Gasteiger partial charge in [0.15, 0.2) is 0 Å². The predicted octanol–water partition coefficient (Wildman–Crippen LogP) is 5.43. The number of allylic oxidation sites excluding steroid dienone is 1. The maximum absolute atomic E-state index is 15.1. The summed E-state index contributed by atoms with van der Waals surface area (Å²) in [5, 5.41) is 3.30. The standard InChI is InChI=1S/C31H36FN5O3/c1-19-13-21(15-28(38)36-22(17-33)18-35-30(2,3)4)24(32)16-27(19)40-26-9-12-34-25-8-7-20(14-23(25)26)29(39)37(6)31(5)10-11-31/h7-9,12-14,16-18H,10-11,15,33H2,1-6H3,(H,36,38)/b22-17+,35-18?. The fraction of sp³-hybridized carbons (Fsp3) is 0.355. The van der Waals surface area contributed by atoms with Crippen LogP contribution in [0.2, 0.25) is 0 Å². The second kappa shape index (κ2) is 11.1. The fourth-order valence-electron chi connectivity index (χ4n) is 4.14. The number of pyridine rings is 1. The van der Waals surface area contributed by atoms with E-state index in [1.165, 1.54) is 18.5 Å². The number of amides is 2. The first-order valence-corrected chi connectivity index (χ1v) is 13.2. The van der Waals surface area contributed by atoms with Gasteiger partial charge in [0.1, 0.15) is 17.3 Å². The molecule has 0 bridgehead atoms. The van der Waals surface area contributed by atoms with Crippen LogP contribution in [0, 0.1) is 12.7 Å². The number of nitrogens with one attached hydrogen (secondary N) is 1. The molecule has 9 heteroatoms. The second-order valence-corrected chi connectivity index (χ2v) is 11.5. The summed E-state index contributed by atoms with van der Waals surface area (Å²) in [6.45, 7) is 9.61. The zero-order valence-corrected chi connectivity index (χ0v) is 23.8. The summed E-state index contributed by atoms with van der Waals surface area (Å²) in [5.74, 6) is -0.326.